The lowest BCUT2D eigenvalue weighted by atomic mass is 9.83. The van der Waals surface area contributed by atoms with E-state index in [1.807, 2.05) is 62.4 Å². The van der Waals surface area contributed by atoms with Crippen molar-refractivity contribution in [2.24, 2.45) is 0 Å². The molecular weight excluding hydrogens is 352 g/mol. The van der Waals surface area contributed by atoms with E-state index in [0.717, 1.165) is 28.9 Å². The second-order valence-electron chi connectivity index (χ2n) is 7.51. The number of nitrogens with zero attached hydrogens (tertiary/aromatic N) is 1. The molecule has 0 atom stereocenters. The third-order valence-corrected chi connectivity index (χ3v) is 5.31. The number of furan rings is 1. The van der Waals surface area contributed by atoms with Crippen LogP contribution >= 0.6 is 0 Å². The first-order valence-corrected chi connectivity index (χ1v) is 9.31. The van der Waals surface area contributed by atoms with Gasteiger partial charge in [0.1, 0.15) is 6.26 Å². The van der Waals surface area contributed by atoms with E-state index in [2.05, 4.69) is 5.32 Å². The highest BCUT2D eigenvalue weighted by Crippen LogP contribution is 2.32. The zero-order valence-corrected chi connectivity index (χ0v) is 15.9. The Hall–Kier alpha value is -3.34. The Labute approximate surface area is 164 Å². The summed E-state index contributed by atoms with van der Waals surface area (Å²) in [5, 5.41) is 3.02. The number of fused-ring (bicyclic) bond motifs is 1. The summed E-state index contributed by atoms with van der Waals surface area (Å²) in [6.07, 6.45) is 3.71. The van der Waals surface area contributed by atoms with Crippen molar-refractivity contribution in [3.05, 3.63) is 83.8 Å². The number of anilines is 2. The van der Waals surface area contributed by atoms with Gasteiger partial charge >= 0.3 is 0 Å². The average molecular weight is 374 g/mol. The summed E-state index contributed by atoms with van der Waals surface area (Å²) >= 11 is 0. The number of carbonyl (C=O) groups is 2. The van der Waals surface area contributed by atoms with E-state index in [1.54, 1.807) is 11.0 Å². The molecule has 0 bridgehead atoms. The van der Waals surface area contributed by atoms with Gasteiger partial charge in [0.25, 0.3) is 5.91 Å². The lowest BCUT2D eigenvalue weighted by Crippen LogP contribution is -2.34. The zero-order chi connectivity index (χ0) is 19.7. The summed E-state index contributed by atoms with van der Waals surface area (Å²) in [6.45, 7) is 4.44. The molecule has 1 aromatic heterocycles. The highest BCUT2D eigenvalue weighted by Gasteiger charge is 2.30. The third-order valence-electron chi connectivity index (χ3n) is 5.31. The van der Waals surface area contributed by atoms with E-state index >= 15 is 0 Å². The van der Waals surface area contributed by atoms with Crippen molar-refractivity contribution in [2.75, 3.05) is 16.8 Å². The Balaban J connectivity index is 1.52. The molecule has 0 saturated carbocycles. The molecule has 1 aliphatic rings. The van der Waals surface area contributed by atoms with E-state index in [4.69, 9.17) is 4.42 Å². The largest absolute Gasteiger partial charge is 0.472 e. The minimum atomic E-state index is -0.649. The third kappa shape index (κ3) is 3.20. The van der Waals surface area contributed by atoms with Crippen molar-refractivity contribution in [1.82, 2.24) is 0 Å². The van der Waals surface area contributed by atoms with Gasteiger partial charge in [-0.15, -0.1) is 0 Å². The van der Waals surface area contributed by atoms with Gasteiger partial charge in [0.2, 0.25) is 5.91 Å². The lowest BCUT2D eigenvalue weighted by molar-refractivity contribution is -0.120. The predicted molar refractivity (Wildman–Crippen MR) is 109 cm³/mol. The monoisotopic (exact) mass is 374 g/mol. The van der Waals surface area contributed by atoms with Crippen LogP contribution in [0.5, 0.6) is 0 Å². The Morgan fingerprint density at radius 1 is 1.07 bits per heavy atom. The smallest absolute Gasteiger partial charge is 0.261 e. The van der Waals surface area contributed by atoms with E-state index in [0.29, 0.717) is 12.1 Å². The molecule has 4 rings (SSSR count). The van der Waals surface area contributed by atoms with Crippen LogP contribution in [0.4, 0.5) is 11.4 Å². The van der Waals surface area contributed by atoms with Gasteiger partial charge in [0, 0.05) is 17.9 Å². The molecule has 2 heterocycles. The van der Waals surface area contributed by atoms with Gasteiger partial charge in [-0.3, -0.25) is 9.59 Å². The van der Waals surface area contributed by atoms with Crippen LogP contribution in [0.2, 0.25) is 0 Å². The molecule has 0 fully saturated rings. The maximum absolute atomic E-state index is 12.9. The SMILES string of the molecule is CC(C)(C(=O)Nc1ccc2c(c1)CCN2C(=O)c1ccoc1)c1ccccc1. The van der Waals surface area contributed by atoms with Crippen LogP contribution in [0, 0.1) is 0 Å². The summed E-state index contributed by atoms with van der Waals surface area (Å²) in [6, 6.07) is 17.1. The van der Waals surface area contributed by atoms with Crippen LogP contribution in [0.3, 0.4) is 0 Å². The molecule has 0 spiro atoms. The number of nitrogens with one attached hydrogen (secondary N) is 1. The zero-order valence-electron chi connectivity index (χ0n) is 15.9. The molecule has 2 aromatic carbocycles. The summed E-state index contributed by atoms with van der Waals surface area (Å²) in [5.74, 6) is -0.141. The fourth-order valence-corrected chi connectivity index (χ4v) is 3.51. The lowest BCUT2D eigenvalue weighted by Gasteiger charge is -2.24. The number of amides is 2. The van der Waals surface area contributed by atoms with Crippen LogP contribution in [0.1, 0.15) is 35.3 Å². The van der Waals surface area contributed by atoms with Crippen LogP contribution < -0.4 is 10.2 Å². The van der Waals surface area contributed by atoms with Gasteiger partial charge in [-0.25, -0.2) is 0 Å². The molecule has 1 N–H and O–H groups in total. The number of rotatable bonds is 4. The standard InChI is InChI=1S/C23H22N2O3/c1-23(2,18-6-4-3-5-7-18)22(27)24-19-8-9-20-16(14-19)10-12-25(20)21(26)17-11-13-28-15-17/h3-9,11,13-15H,10,12H2,1-2H3,(H,24,27). The molecule has 5 heteroatoms. The van der Waals surface area contributed by atoms with Gasteiger partial charge in [-0.05, 0) is 55.7 Å². The fourth-order valence-electron chi connectivity index (χ4n) is 3.51. The summed E-state index contributed by atoms with van der Waals surface area (Å²) in [5.41, 5.74) is 3.52. The minimum absolute atomic E-state index is 0.0667. The van der Waals surface area contributed by atoms with Crippen LogP contribution in [0.15, 0.2) is 71.5 Å². The van der Waals surface area contributed by atoms with Crippen LogP contribution in [-0.2, 0) is 16.6 Å². The Morgan fingerprint density at radius 3 is 2.57 bits per heavy atom. The van der Waals surface area contributed by atoms with E-state index < -0.39 is 5.41 Å². The quantitative estimate of drug-likeness (QED) is 0.736. The van der Waals surface area contributed by atoms with Crippen LogP contribution in [-0.4, -0.2) is 18.4 Å². The van der Waals surface area contributed by atoms with Crippen molar-refractivity contribution in [2.45, 2.75) is 25.7 Å². The van der Waals surface area contributed by atoms with Crippen molar-refractivity contribution in [3.63, 3.8) is 0 Å². The summed E-state index contributed by atoms with van der Waals surface area (Å²) in [4.78, 5) is 27.2. The number of hydrogen-bond donors (Lipinski definition) is 1. The predicted octanol–water partition coefficient (Wildman–Crippen LogP) is 4.40. The summed E-state index contributed by atoms with van der Waals surface area (Å²) < 4.78 is 5.02. The molecule has 0 saturated heterocycles. The van der Waals surface area contributed by atoms with Gasteiger partial charge < -0.3 is 14.6 Å². The number of benzene rings is 2. The number of carbonyl (C=O) groups excluding carboxylic acids is 2. The Kier molecular flexibility index (Phi) is 4.51. The van der Waals surface area contributed by atoms with Gasteiger partial charge in [0.05, 0.1) is 17.2 Å². The molecule has 5 nitrogen and oxygen atoms in total. The van der Waals surface area contributed by atoms with E-state index in [-0.39, 0.29) is 11.8 Å². The van der Waals surface area contributed by atoms with Gasteiger partial charge in [-0.1, -0.05) is 30.3 Å². The van der Waals surface area contributed by atoms with Crippen LogP contribution in [0.25, 0.3) is 0 Å². The first-order chi connectivity index (χ1) is 13.5. The minimum Gasteiger partial charge on any atom is -0.472 e. The summed E-state index contributed by atoms with van der Waals surface area (Å²) in [7, 11) is 0. The highest BCUT2D eigenvalue weighted by atomic mass is 16.3. The van der Waals surface area contributed by atoms with Crippen molar-refractivity contribution in [3.8, 4) is 0 Å². The van der Waals surface area contributed by atoms with Gasteiger partial charge in [0.15, 0.2) is 0 Å². The fraction of sp³-hybridized carbons (Fsp3) is 0.217. The molecule has 28 heavy (non-hydrogen) atoms. The molecule has 3 aromatic rings. The topological polar surface area (TPSA) is 62.6 Å². The van der Waals surface area contributed by atoms with E-state index in [9.17, 15) is 9.59 Å². The maximum atomic E-state index is 12.9. The average Bonchev–Trinajstić information content (AvgIpc) is 3.38. The van der Waals surface area contributed by atoms with Crippen molar-refractivity contribution >= 4 is 23.2 Å². The number of hydrogen-bond acceptors (Lipinski definition) is 3. The first kappa shape index (κ1) is 18.0. The first-order valence-electron chi connectivity index (χ1n) is 9.31. The molecule has 2 amide bonds. The molecule has 0 radical (unpaired) electrons. The van der Waals surface area contributed by atoms with Gasteiger partial charge in [-0.2, -0.15) is 0 Å². The van der Waals surface area contributed by atoms with E-state index in [1.165, 1.54) is 12.5 Å². The molecule has 0 aliphatic carbocycles. The highest BCUT2D eigenvalue weighted by molar-refractivity contribution is 6.07. The Bertz CT molecular complexity index is 1010. The molecule has 142 valence electrons. The second kappa shape index (κ2) is 7.00. The van der Waals surface area contributed by atoms with Crippen molar-refractivity contribution in [1.29, 1.82) is 0 Å². The maximum Gasteiger partial charge on any atom is 0.261 e. The van der Waals surface area contributed by atoms with Crippen molar-refractivity contribution < 1.29 is 14.0 Å². The molecule has 0 unspecified atom stereocenters. The normalized spacial score (nSPS) is 13.3. The second-order valence-corrected chi connectivity index (χ2v) is 7.51. The Morgan fingerprint density at radius 2 is 1.86 bits per heavy atom. The molecule has 1 aliphatic heterocycles. The molecular formula is C23H22N2O3.